The number of likely N-dealkylation sites (tertiary alicyclic amines) is 1. The molecule has 2 aromatic rings. The second-order valence-electron chi connectivity index (χ2n) is 9.73. The van der Waals surface area contributed by atoms with Crippen LogP contribution in [0, 0.1) is 23.2 Å². The van der Waals surface area contributed by atoms with Crippen molar-refractivity contribution in [2.75, 3.05) is 6.54 Å². The third kappa shape index (κ3) is 7.00. The van der Waals surface area contributed by atoms with Crippen LogP contribution < -0.4 is 0 Å². The summed E-state index contributed by atoms with van der Waals surface area (Å²) in [5.74, 6) is 0.495. The molecule has 0 aromatic heterocycles. The van der Waals surface area contributed by atoms with Crippen molar-refractivity contribution in [1.82, 2.24) is 4.90 Å². The van der Waals surface area contributed by atoms with Gasteiger partial charge in [-0.15, -0.1) is 0 Å². The molecule has 0 spiro atoms. The van der Waals surface area contributed by atoms with Crippen LogP contribution in [0.1, 0.15) is 80.3 Å². The molecule has 2 nitrogen and oxygen atoms in total. The molecule has 0 N–H and O–H groups in total. The predicted octanol–water partition coefficient (Wildman–Crippen LogP) is 8.57. The average molecular weight is 497 g/mol. The molecule has 0 saturated carbocycles. The summed E-state index contributed by atoms with van der Waals surface area (Å²) >= 11 is 0. The number of benzene rings is 2. The highest BCUT2D eigenvalue weighted by atomic mass is 19.4. The van der Waals surface area contributed by atoms with Crippen LogP contribution in [0.25, 0.3) is 0 Å². The van der Waals surface area contributed by atoms with Crippen molar-refractivity contribution >= 4 is 0 Å². The van der Waals surface area contributed by atoms with Gasteiger partial charge in [-0.2, -0.15) is 31.6 Å². The monoisotopic (exact) mass is 496 g/mol. The molecule has 1 aliphatic rings. The van der Waals surface area contributed by atoms with E-state index >= 15 is 0 Å². The molecule has 0 bridgehead atoms. The van der Waals surface area contributed by atoms with E-state index < -0.39 is 23.5 Å². The minimum Gasteiger partial charge on any atom is -0.289 e. The number of nitriles is 1. The van der Waals surface area contributed by atoms with E-state index in [0.717, 1.165) is 48.2 Å². The van der Waals surface area contributed by atoms with E-state index in [1.165, 1.54) is 24.3 Å². The van der Waals surface area contributed by atoms with Crippen molar-refractivity contribution in [3.05, 3.63) is 70.8 Å². The van der Waals surface area contributed by atoms with Crippen LogP contribution in [-0.4, -0.2) is 11.4 Å². The van der Waals surface area contributed by atoms with Crippen molar-refractivity contribution < 1.29 is 26.3 Å². The second-order valence-corrected chi connectivity index (χ2v) is 9.73. The lowest BCUT2D eigenvalue weighted by atomic mass is 9.82. The zero-order valence-corrected chi connectivity index (χ0v) is 19.8. The molecule has 0 amide bonds. The SMILES string of the molecule is CC(C)CC[C@H](c1ccc(C(F)(F)F)cc1)N1CC[C@@H](CC#N)C[C@H]1c1ccc(C(F)(F)F)cc1. The van der Waals surface area contributed by atoms with E-state index in [1.807, 2.05) is 0 Å². The molecule has 0 aliphatic carbocycles. The summed E-state index contributed by atoms with van der Waals surface area (Å²) in [5.41, 5.74) is 0.0450. The minimum atomic E-state index is -4.44. The van der Waals surface area contributed by atoms with Crippen LogP contribution in [0.5, 0.6) is 0 Å². The largest absolute Gasteiger partial charge is 0.416 e. The van der Waals surface area contributed by atoms with Crippen LogP contribution in [-0.2, 0) is 12.4 Å². The third-order valence-electron chi connectivity index (χ3n) is 6.80. The van der Waals surface area contributed by atoms with Gasteiger partial charge in [0.2, 0.25) is 0 Å². The topological polar surface area (TPSA) is 27.0 Å². The first-order chi connectivity index (χ1) is 16.4. The van der Waals surface area contributed by atoms with Gasteiger partial charge in [-0.05, 0) is 79.5 Å². The van der Waals surface area contributed by atoms with E-state index in [1.54, 1.807) is 0 Å². The number of hydrogen-bond acceptors (Lipinski definition) is 2. The summed E-state index contributed by atoms with van der Waals surface area (Å²) in [5, 5.41) is 9.21. The Balaban J connectivity index is 1.98. The van der Waals surface area contributed by atoms with Gasteiger partial charge < -0.3 is 0 Å². The van der Waals surface area contributed by atoms with Gasteiger partial charge in [0.25, 0.3) is 0 Å². The van der Waals surface area contributed by atoms with Gasteiger partial charge in [-0.3, -0.25) is 4.90 Å². The minimum absolute atomic E-state index is 0.113. The molecule has 3 rings (SSSR count). The van der Waals surface area contributed by atoms with Crippen LogP contribution >= 0.6 is 0 Å². The molecule has 190 valence electrons. The van der Waals surface area contributed by atoms with Crippen molar-refractivity contribution in [2.24, 2.45) is 11.8 Å². The Morgan fingerprint density at radius 3 is 1.91 bits per heavy atom. The Bertz CT molecular complexity index is 987. The van der Waals surface area contributed by atoms with E-state index in [9.17, 15) is 31.6 Å². The number of nitrogens with zero attached hydrogens (tertiary/aromatic N) is 2. The van der Waals surface area contributed by atoms with Gasteiger partial charge in [0.1, 0.15) is 0 Å². The first-order valence-electron chi connectivity index (χ1n) is 11.9. The quantitative estimate of drug-likeness (QED) is 0.359. The fraction of sp³-hybridized carbons (Fsp3) is 0.519. The Kier molecular flexibility index (Phi) is 8.53. The Morgan fingerprint density at radius 2 is 1.43 bits per heavy atom. The molecule has 1 aliphatic heterocycles. The van der Waals surface area contributed by atoms with E-state index in [4.69, 9.17) is 0 Å². The number of halogens is 6. The lowest BCUT2D eigenvalue weighted by molar-refractivity contribution is -0.138. The van der Waals surface area contributed by atoms with Crippen LogP contribution in [0.15, 0.2) is 48.5 Å². The lowest BCUT2D eigenvalue weighted by Crippen LogP contribution is -2.39. The molecular formula is C27H30F6N2. The highest BCUT2D eigenvalue weighted by Gasteiger charge is 2.36. The maximum absolute atomic E-state index is 13.1. The van der Waals surface area contributed by atoms with Crippen molar-refractivity contribution in [2.45, 2.75) is 70.4 Å². The molecule has 3 atom stereocenters. The van der Waals surface area contributed by atoms with Gasteiger partial charge in [-0.25, -0.2) is 0 Å². The van der Waals surface area contributed by atoms with Gasteiger partial charge >= 0.3 is 12.4 Å². The van der Waals surface area contributed by atoms with Gasteiger partial charge in [0.05, 0.1) is 17.2 Å². The maximum atomic E-state index is 13.1. The Morgan fingerprint density at radius 1 is 0.886 bits per heavy atom. The van der Waals surface area contributed by atoms with E-state index in [2.05, 4.69) is 24.8 Å². The summed E-state index contributed by atoms with van der Waals surface area (Å²) in [6, 6.07) is 12.1. The van der Waals surface area contributed by atoms with Crippen molar-refractivity contribution in [1.29, 1.82) is 5.26 Å². The molecule has 1 heterocycles. The molecule has 2 aromatic carbocycles. The summed E-state index contributed by atoms with van der Waals surface area (Å²) in [6.07, 6.45) is -5.58. The number of rotatable bonds is 7. The molecule has 8 heteroatoms. The second kappa shape index (κ2) is 11.0. The normalized spacial score (nSPS) is 20.6. The molecule has 35 heavy (non-hydrogen) atoms. The summed E-state index contributed by atoms with van der Waals surface area (Å²) < 4.78 is 78.7. The first kappa shape index (κ1) is 27.1. The molecule has 0 radical (unpaired) electrons. The van der Waals surface area contributed by atoms with E-state index in [0.29, 0.717) is 31.7 Å². The van der Waals surface area contributed by atoms with E-state index in [-0.39, 0.29) is 18.0 Å². The molecular weight excluding hydrogens is 466 g/mol. The zero-order valence-electron chi connectivity index (χ0n) is 19.8. The number of piperidine rings is 1. The fourth-order valence-electron chi connectivity index (χ4n) is 4.88. The third-order valence-corrected chi connectivity index (χ3v) is 6.80. The average Bonchev–Trinajstić information content (AvgIpc) is 2.79. The van der Waals surface area contributed by atoms with Crippen molar-refractivity contribution in [3.8, 4) is 6.07 Å². The molecule has 0 unspecified atom stereocenters. The Labute approximate surface area is 202 Å². The Hall–Kier alpha value is -2.53. The lowest BCUT2D eigenvalue weighted by Gasteiger charge is -2.44. The smallest absolute Gasteiger partial charge is 0.289 e. The maximum Gasteiger partial charge on any atom is 0.416 e. The highest BCUT2D eigenvalue weighted by Crippen LogP contribution is 2.43. The fourth-order valence-corrected chi connectivity index (χ4v) is 4.88. The molecule has 1 fully saturated rings. The number of hydrogen-bond donors (Lipinski definition) is 0. The summed E-state index contributed by atoms with van der Waals surface area (Å²) in [6.45, 7) is 4.77. The van der Waals surface area contributed by atoms with Crippen molar-refractivity contribution in [3.63, 3.8) is 0 Å². The van der Waals surface area contributed by atoms with Crippen LogP contribution in [0.4, 0.5) is 26.3 Å². The first-order valence-corrected chi connectivity index (χ1v) is 11.9. The standard InChI is InChI=1S/C27H30F6N2/c1-18(2)3-12-24(20-4-8-22(9-5-20)26(28,29)30)35-16-14-19(13-15-34)17-25(35)21-6-10-23(11-7-21)27(31,32)33/h4-11,18-19,24-25H,3,12-14,16-17H2,1-2H3/t19-,24-,25+/m1/s1. The summed E-state index contributed by atoms with van der Waals surface area (Å²) in [7, 11) is 0. The van der Waals surface area contributed by atoms with Gasteiger partial charge in [0, 0.05) is 18.5 Å². The highest BCUT2D eigenvalue weighted by molar-refractivity contribution is 5.30. The number of alkyl halides is 6. The van der Waals surface area contributed by atoms with Crippen LogP contribution in [0.2, 0.25) is 0 Å². The zero-order chi connectivity index (χ0) is 25.8. The van der Waals surface area contributed by atoms with Gasteiger partial charge in [-0.1, -0.05) is 38.1 Å². The van der Waals surface area contributed by atoms with Crippen LogP contribution in [0.3, 0.4) is 0 Å². The predicted molar refractivity (Wildman–Crippen MR) is 122 cm³/mol. The van der Waals surface area contributed by atoms with Gasteiger partial charge in [0.15, 0.2) is 0 Å². The summed E-state index contributed by atoms with van der Waals surface area (Å²) in [4.78, 5) is 2.21. The molecule has 1 saturated heterocycles.